The van der Waals surface area contributed by atoms with E-state index in [1.807, 2.05) is 13.8 Å². The van der Waals surface area contributed by atoms with Crippen molar-refractivity contribution in [2.24, 2.45) is 5.92 Å². The molecule has 1 aromatic rings. The standard InChI is InChI=1S/C11H14F2/c1-3-8(2)7-9-5-4-6-10(12)11(9)13/h4-6,8H,3,7H2,1-2H3. The second-order valence-corrected chi connectivity index (χ2v) is 3.43. The molecule has 0 saturated heterocycles. The SMILES string of the molecule is CCC(C)Cc1cccc(F)c1F. The molecular weight excluding hydrogens is 170 g/mol. The lowest BCUT2D eigenvalue weighted by molar-refractivity contribution is 0.480. The molecule has 13 heavy (non-hydrogen) atoms. The topological polar surface area (TPSA) is 0 Å². The minimum Gasteiger partial charge on any atom is -0.204 e. The maximum atomic E-state index is 13.1. The number of halogens is 2. The molecule has 1 rings (SSSR count). The van der Waals surface area contributed by atoms with Gasteiger partial charge in [0.05, 0.1) is 0 Å². The summed E-state index contributed by atoms with van der Waals surface area (Å²) in [5.41, 5.74) is 0.481. The number of rotatable bonds is 3. The first-order valence-corrected chi connectivity index (χ1v) is 4.58. The molecule has 1 aromatic carbocycles. The van der Waals surface area contributed by atoms with Gasteiger partial charge in [-0.1, -0.05) is 32.4 Å². The summed E-state index contributed by atoms with van der Waals surface area (Å²) in [6, 6.07) is 4.34. The van der Waals surface area contributed by atoms with Gasteiger partial charge in [-0.25, -0.2) is 8.78 Å². The second-order valence-electron chi connectivity index (χ2n) is 3.43. The molecule has 0 fully saturated rings. The normalized spacial score (nSPS) is 12.9. The van der Waals surface area contributed by atoms with Gasteiger partial charge in [-0.05, 0) is 24.0 Å². The predicted octanol–water partition coefficient (Wildman–Crippen LogP) is 3.55. The lowest BCUT2D eigenvalue weighted by Gasteiger charge is -2.08. The quantitative estimate of drug-likeness (QED) is 0.673. The average molecular weight is 184 g/mol. The molecule has 0 saturated carbocycles. The molecule has 0 aromatic heterocycles. The zero-order valence-electron chi connectivity index (χ0n) is 7.98. The molecule has 0 amide bonds. The van der Waals surface area contributed by atoms with Crippen molar-refractivity contribution in [2.75, 3.05) is 0 Å². The monoisotopic (exact) mass is 184 g/mol. The third kappa shape index (κ3) is 2.51. The summed E-state index contributed by atoms with van der Waals surface area (Å²) >= 11 is 0. The highest BCUT2D eigenvalue weighted by molar-refractivity contribution is 5.19. The second kappa shape index (κ2) is 4.35. The Hall–Kier alpha value is -0.920. The minimum absolute atomic E-state index is 0.399. The third-order valence-electron chi connectivity index (χ3n) is 2.30. The summed E-state index contributed by atoms with van der Waals surface area (Å²) in [4.78, 5) is 0. The van der Waals surface area contributed by atoms with Gasteiger partial charge in [0.1, 0.15) is 0 Å². The smallest absolute Gasteiger partial charge is 0.162 e. The Bertz CT molecular complexity index is 281. The van der Waals surface area contributed by atoms with E-state index in [4.69, 9.17) is 0 Å². The summed E-state index contributed by atoms with van der Waals surface area (Å²) in [6.45, 7) is 4.08. The summed E-state index contributed by atoms with van der Waals surface area (Å²) in [6.07, 6.45) is 1.59. The Morgan fingerprint density at radius 2 is 2.00 bits per heavy atom. The van der Waals surface area contributed by atoms with Crippen LogP contribution in [0.1, 0.15) is 25.8 Å². The Balaban J connectivity index is 2.83. The van der Waals surface area contributed by atoms with Crippen LogP contribution in [-0.2, 0) is 6.42 Å². The van der Waals surface area contributed by atoms with E-state index in [-0.39, 0.29) is 0 Å². The predicted molar refractivity (Wildman–Crippen MR) is 49.5 cm³/mol. The molecule has 0 radical (unpaired) electrons. The van der Waals surface area contributed by atoms with Crippen LogP contribution in [0.5, 0.6) is 0 Å². The fraction of sp³-hybridized carbons (Fsp3) is 0.455. The molecule has 1 atom stereocenters. The summed E-state index contributed by atoms with van der Waals surface area (Å²) < 4.78 is 25.9. The highest BCUT2D eigenvalue weighted by Crippen LogP contribution is 2.16. The molecule has 0 spiro atoms. The van der Waals surface area contributed by atoms with Crippen molar-refractivity contribution in [2.45, 2.75) is 26.7 Å². The summed E-state index contributed by atoms with van der Waals surface area (Å²) in [5.74, 6) is -1.04. The van der Waals surface area contributed by atoms with E-state index in [0.717, 1.165) is 12.5 Å². The summed E-state index contributed by atoms with van der Waals surface area (Å²) in [5, 5.41) is 0. The fourth-order valence-corrected chi connectivity index (χ4v) is 1.23. The van der Waals surface area contributed by atoms with Crippen LogP contribution in [0.3, 0.4) is 0 Å². The molecular formula is C11H14F2. The molecule has 0 nitrogen and oxygen atoms in total. The van der Waals surface area contributed by atoms with Crippen molar-refractivity contribution in [3.05, 3.63) is 35.4 Å². The van der Waals surface area contributed by atoms with Crippen molar-refractivity contribution in [1.29, 1.82) is 0 Å². The van der Waals surface area contributed by atoms with E-state index in [9.17, 15) is 8.78 Å². The number of hydrogen-bond acceptors (Lipinski definition) is 0. The van der Waals surface area contributed by atoms with E-state index < -0.39 is 11.6 Å². The van der Waals surface area contributed by atoms with Gasteiger partial charge in [0.25, 0.3) is 0 Å². The average Bonchev–Trinajstić information content (AvgIpc) is 2.13. The van der Waals surface area contributed by atoms with Crippen LogP contribution in [0.2, 0.25) is 0 Å². The number of benzene rings is 1. The zero-order chi connectivity index (χ0) is 9.84. The van der Waals surface area contributed by atoms with Gasteiger partial charge in [-0.3, -0.25) is 0 Å². The van der Waals surface area contributed by atoms with Crippen LogP contribution in [0.4, 0.5) is 8.78 Å². The van der Waals surface area contributed by atoms with Crippen LogP contribution in [0.15, 0.2) is 18.2 Å². The maximum Gasteiger partial charge on any atom is 0.162 e. The van der Waals surface area contributed by atoms with Crippen LogP contribution >= 0.6 is 0 Å². The van der Waals surface area contributed by atoms with Crippen LogP contribution < -0.4 is 0 Å². The first-order valence-electron chi connectivity index (χ1n) is 4.58. The molecule has 0 aliphatic rings. The van der Waals surface area contributed by atoms with Gasteiger partial charge in [0.15, 0.2) is 11.6 Å². The van der Waals surface area contributed by atoms with E-state index >= 15 is 0 Å². The van der Waals surface area contributed by atoms with Crippen molar-refractivity contribution in [1.82, 2.24) is 0 Å². The molecule has 2 heteroatoms. The van der Waals surface area contributed by atoms with Gasteiger partial charge in [0.2, 0.25) is 0 Å². The maximum absolute atomic E-state index is 13.1. The first kappa shape index (κ1) is 10.2. The Labute approximate surface area is 77.6 Å². The lowest BCUT2D eigenvalue weighted by atomic mass is 9.98. The minimum atomic E-state index is -0.749. The van der Waals surface area contributed by atoms with Crippen LogP contribution in [0, 0.1) is 17.6 Å². The molecule has 72 valence electrons. The van der Waals surface area contributed by atoms with E-state index in [0.29, 0.717) is 17.9 Å². The van der Waals surface area contributed by atoms with Crippen molar-refractivity contribution >= 4 is 0 Å². The Morgan fingerprint density at radius 3 is 2.62 bits per heavy atom. The van der Waals surface area contributed by atoms with E-state index in [1.165, 1.54) is 0 Å². The third-order valence-corrected chi connectivity index (χ3v) is 2.30. The van der Waals surface area contributed by atoms with Crippen molar-refractivity contribution in [3.63, 3.8) is 0 Å². The van der Waals surface area contributed by atoms with Gasteiger partial charge < -0.3 is 0 Å². The van der Waals surface area contributed by atoms with E-state index in [1.54, 1.807) is 12.1 Å². The van der Waals surface area contributed by atoms with Crippen LogP contribution in [0.25, 0.3) is 0 Å². The molecule has 0 N–H and O–H groups in total. The van der Waals surface area contributed by atoms with Gasteiger partial charge >= 0.3 is 0 Å². The molecule has 0 aliphatic carbocycles. The largest absolute Gasteiger partial charge is 0.204 e. The summed E-state index contributed by atoms with van der Waals surface area (Å²) in [7, 11) is 0. The van der Waals surface area contributed by atoms with Gasteiger partial charge in [0, 0.05) is 0 Å². The molecule has 0 heterocycles. The van der Waals surface area contributed by atoms with E-state index in [2.05, 4.69) is 0 Å². The van der Waals surface area contributed by atoms with Crippen LogP contribution in [-0.4, -0.2) is 0 Å². The highest BCUT2D eigenvalue weighted by Gasteiger charge is 2.09. The van der Waals surface area contributed by atoms with Gasteiger partial charge in [-0.15, -0.1) is 0 Å². The highest BCUT2D eigenvalue weighted by atomic mass is 19.2. The first-order chi connectivity index (χ1) is 6.15. The Morgan fingerprint density at radius 1 is 1.31 bits per heavy atom. The van der Waals surface area contributed by atoms with Crippen molar-refractivity contribution < 1.29 is 8.78 Å². The lowest BCUT2D eigenvalue weighted by Crippen LogP contribution is -2.01. The fourth-order valence-electron chi connectivity index (χ4n) is 1.23. The zero-order valence-corrected chi connectivity index (χ0v) is 7.98. The molecule has 1 unspecified atom stereocenters. The molecule has 0 aliphatic heterocycles. The van der Waals surface area contributed by atoms with Gasteiger partial charge in [-0.2, -0.15) is 0 Å². The number of hydrogen-bond donors (Lipinski definition) is 0. The van der Waals surface area contributed by atoms with Crippen molar-refractivity contribution in [3.8, 4) is 0 Å². The molecule has 0 bridgehead atoms. The Kier molecular flexibility index (Phi) is 3.40.